The largest absolute Gasteiger partial charge is 0.273 e. The second-order valence-electron chi connectivity index (χ2n) is 8.68. The van der Waals surface area contributed by atoms with Gasteiger partial charge in [0.2, 0.25) is 5.91 Å². The van der Waals surface area contributed by atoms with Gasteiger partial charge in [0.1, 0.15) is 5.69 Å². The van der Waals surface area contributed by atoms with E-state index in [-0.39, 0.29) is 11.8 Å². The lowest BCUT2D eigenvalue weighted by atomic mass is 9.86. The van der Waals surface area contributed by atoms with E-state index in [1.807, 2.05) is 60.7 Å². The third-order valence-corrected chi connectivity index (χ3v) is 6.67. The Bertz CT molecular complexity index is 1080. The molecule has 2 aliphatic carbocycles. The van der Waals surface area contributed by atoms with Crippen molar-refractivity contribution in [3.63, 3.8) is 0 Å². The van der Waals surface area contributed by atoms with Crippen LogP contribution in [-0.4, -0.2) is 21.6 Å². The van der Waals surface area contributed by atoms with Crippen LogP contribution in [0.2, 0.25) is 0 Å². The monoisotopic (exact) mass is 414 g/mol. The fraction of sp³-hybridized carbons (Fsp3) is 0.320. The minimum absolute atomic E-state index is 0.123. The molecule has 2 fully saturated rings. The number of para-hydroxylation sites is 1. The van der Waals surface area contributed by atoms with Gasteiger partial charge in [0.05, 0.1) is 11.3 Å². The van der Waals surface area contributed by atoms with Gasteiger partial charge < -0.3 is 0 Å². The molecule has 2 saturated carbocycles. The highest BCUT2D eigenvalue weighted by Crippen LogP contribution is 2.49. The van der Waals surface area contributed by atoms with Gasteiger partial charge in [-0.1, -0.05) is 55.0 Å². The molecule has 0 aliphatic heterocycles. The zero-order chi connectivity index (χ0) is 21.2. The van der Waals surface area contributed by atoms with Crippen molar-refractivity contribution in [1.29, 1.82) is 0 Å². The van der Waals surface area contributed by atoms with Crippen molar-refractivity contribution in [3.8, 4) is 16.9 Å². The summed E-state index contributed by atoms with van der Waals surface area (Å²) in [6.45, 7) is 0. The van der Waals surface area contributed by atoms with Crippen LogP contribution in [0, 0.1) is 17.8 Å². The summed E-state index contributed by atoms with van der Waals surface area (Å²) in [7, 11) is 0. The van der Waals surface area contributed by atoms with E-state index in [0.717, 1.165) is 23.6 Å². The molecular formula is C25H26N4O2. The summed E-state index contributed by atoms with van der Waals surface area (Å²) in [5.41, 5.74) is 7.91. The number of aromatic nitrogens is 2. The van der Waals surface area contributed by atoms with Crippen molar-refractivity contribution in [2.24, 2.45) is 17.8 Å². The number of hydrazine groups is 1. The Balaban J connectivity index is 1.31. The van der Waals surface area contributed by atoms with Crippen LogP contribution in [0.5, 0.6) is 0 Å². The number of fused-ring (bicyclic) bond motifs is 2. The van der Waals surface area contributed by atoms with Crippen LogP contribution in [0.25, 0.3) is 16.9 Å². The number of benzene rings is 2. The maximum absolute atomic E-state index is 13.0. The van der Waals surface area contributed by atoms with Crippen LogP contribution < -0.4 is 10.9 Å². The minimum atomic E-state index is -0.373. The Morgan fingerprint density at radius 1 is 0.935 bits per heavy atom. The summed E-state index contributed by atoms with van der Waals surface area (Å²) in [4.78, 5) is 25.4. The summed E-state index contributed by atoms with van der Waals surface area (Å²) in [6.07, 6.45) is 7.16. The Kier molecular flexibility index (Phi) is 5.28. The van der Waals surface area contributed by atoms with Gasteiger partial charge in [0.25, 0.3) is 5.91 Å². The smallest absolute Gasteiger partial charge is 0.273 e. The fourth-order valence-corrected chi connectivity index (χ4v) is 5.17. The molecule has 2 aromatic carbocycles. The topological polar surface area (TPSA) is 76.0 Å². The van der Waals surface area contributed by atoms with Crippen LogP contribution in [0.4, 0.5) is 0 Å². The molecule has 6 nitrogen and oxygen atoms in total. The van der Waals surface area contributed by atoms with Gasteiger partial charge in [-0.3, -0.25) is 20.4 Å². The fourth-order valence-electron chi connectivity index (χ4n) is 5.17. The highest BCUT2D eigenvalue weighted by atomic mass is 16.2. The van der Waals surface area contributed by atoms with Gasteiger partial charge in [0, 0.05) is 18.2 Å². The molecule has 2 bridgehead atoms. The molecule has 5 rings (SSSR count). The molecule has 2 aliphatic rings. The highest BCUT2D eigenvalue weighted by molar-refractivity contribution is 6.00. The third kappa shape index (κ3) is 4.10. The SMILES string of the molecule is O=C(CC1CC2CCC1C2)NNC(=O)c1cn(-c2ccccc2)nc1-c1ccccc1. The van der Waals surface area contributed by atoms with Gasteiger partial charge in [-0.25, -0.2) is 4.68 Å². The third-order valence-electron chi connectivity index (χ3n) is 6.67. The van der Waals surface area contributed by atoms with Crippen LogP contribution in [0.15, 0.2) is 66.9 Å². The van der Waals surface area contributed by atoms with Crippen molar-refractivity contribution < 1.29 is 9.59 Å². The first-order valence-electron chi connectivity index (χ1n) is 11.0. The predicted octanol–water partition coefficient (Wildman–Crippen LogP) is 4.13. The number of rotatable bonds is 5. The molecule has 6 heteroatoms. The summed E-state index contributed by atoms with van der Waals surface area (Å²) in [5, 5.41) is 4.65. The van der Waals surface area contributed by atoms with E-state index >= 15 is 0 Å². The first kappa shape index (κ1) is 19.5. The average molecular weight is 415 g/mol. The van der Waals surface area contributed by atoms with Gasteiger partial charge >= 0.3 is 0 Å². The Morgan fingerprint density at radius 2 is 1.68 bits per heavy atom. The molecule has 0 spiro atoms. The lowest BCUT2D eigenvalue weighted by Crippen LogP contribution is -2.42. The molecule has 3 aromatic rings. The van der Waals surface area contributed by atoms with Crippen LogP contribution in [0.3, 0.4) is 0 Å². The molecule has 158 valence electrons. The van der Waals surface area contributed by atoms with E-state index in [0.29, 0.717) is 29.5 Å². The Hall–Kier alpha value is -3.41. The average Bonchev–Trinajstić information content (AvgIpc) is 3.54. The van der Waals surface area contributed by atoms with Gasteiger partial charge in [-0.15, -0.1) is 0 Å². The lowest BCUT2D eigenvalue weighted by molar-refractivity contribution is -0.123. The molecule has 1 heterocycles. The number of carbonyl (C=O) groups excluding carboxylic acids is 2. The van der Waals surface area contributed by atoms with Crippen LogP contribution >= 0.6 is 0 Å². The second-order valence-corrected chi connectivity index (χ2v) is 8.68. The Morgan fingerprint density at radius 3 is 2.35 bits per heavy atom. The summed E-state index contributed by atoms with van der Waals surface area (Å²) < 4.78 is 1.69. The van der Waals surface area contributed by atoms with E-state index in [1.54, 1.807) is 10.9 Å². The number of carbonyl (C=O) groups is 2. The van der Waals surface area contributed by atoms with Crippen molar-refractivity contribution >= 4 is 11.8 Å². The van der Waals surface area contributed by atoms with Crippen molar-refractivity contribution in [1.82, 2.24) is 20.6 Å². The summed E-state index contributed by atoms with van der Waals surface area (Å²) in [5.74, 6) is 1.44. The standard InChI is InChI=1S/C25H26N4O2/c30-23(15-20-14-17-11-12-19(20)13-17)26-27-25(31)22-16-29(21-9-5-2-6-10-21)28-24(22)18-7-3-1-4-8-18/h1-10,16-17,19-20H,11-15H2,(H,26,30)(H,27,31). The second kappa shape index (κ2) is 8.38. The normalized spacial score (nSPS) is 21.7. The summed E-state index contributed by atoms with van der Waals surface area (Å²) >= 11 is 0. The van der Waals surface area contributed by atoms with E-state index in [9.17, 15) is 9.59 Å². The molecule has 0 saturated heterocycles. The zero-order valence-corrected chi connectivity index (χ0v) is 17.3. The predicted molar refractivity (Wildman–Crippen MR) is 118 cm³/mol. The zero-order valence-electron chi connectivity index (χ0n) is 17.3. The van der Waals surface area contributed by atoms with Crippen LogP contribution in [0.1, 0.15) is 42.5 Å². The molecule has 0 radical (unpaired) electrons. The molecular weight excluding hydrogens is 388 g/mol. The number of hydrogen-bond acceptors (Lipinski definition) is 3. The number of hydrogen-bond donors (Lipinski definition) is 2. The van der Waals surface area contributed by atoms with Crippen molar-refractivity contribution in [2.45, 2.75) is 32.1 Å². The molecule has 3 atom stereocenters. The maximum Gasteiger partial charge on any atom is 0.273 e. The van der Waals surface area contributed by atoms with E-state index in [1.165, 1.54) is 19.3 Å². The maximum atomic E-state index is 13.0. The molecule has 1 aromatic heterocycles. The molecule has 3 unspecified atom stereocenters. The molecule has 2 amide bonds. The molecule has 2 N–H and O–H groups in total. The van der Waals surface area contributed by atoms with Gasteiger partial charge in [-0.05, 0) is 49.1 Å². The quantitative estimate of drug-likeness (QED) is 0.617. The lowest BCUT2D eigenvalue weighted by Gasteiger charge is -2.20. The number of amides is 2. The van der Waals surface area contributed by atoms with Crippen molar-refractivity contribution in [2.75, 3.05) is 0 Å². The van der Waals surface area contributed by atoms with E-state index in [2.05, 4.69) is 16.0 Å². The summed E-state index contributed by atoms with van der Waals surface area (Å²) in [6, 6.07) is 19.2. The highest BCUT2D eigenvalue weighted by Gasteiger charge is 2.40. The number of nitrogens with one attached hydrogen (secondary N) is 2. The van der Waals surface area contributed by atoms with Gasteiger partial charge in [-0.2, -0.15) is 5.10 Å². The van der Waals surface area contributed by atoms with Crippen LogP contribution in [-0.2, 0) is 4.79 Å². The van der Waals surface area contributed by atoms with Gasteiger partial charge in [0.15, 0.2) is 0 Å². The first-order chi connectivity index (χ1) is 15.2. The first-order valence-corrected chi connectivity index (χ1v) is 11.0. The van der Waals surface area contributed by atoms with E-state index < -0.39 is 0 Å². The minimum Gasteiger partial charge on any atom is -0.273 e. The molecule has 31 heavy (non-hydrogen) atoms. The number of nitrogens with zero attached hydrogens (tertiary/aromatic N) is 2. The van der Waals surface area contributed by atoms with E-state index in [4.69, 9.17) is 0 Å². The Labute approximate surface area is 181 Å². The van der Waals surface area contributed by atoms with Crippen molar-refractivity contribution in [3.05, 3.63) is 72.4 Å².